The van der Waals surface area contributed by atoms with E-state index in [4.69, 9.17) is 16.7 Å². The molecule has 0 unspecified atom stereocenters. The number of aliphatic hydroxyl groups is 1. The summed E-state index contributed by atoms with van der Waals surface area (Å²) < 4.78 is 2.19. The Morgan fingerprint density at radius 1 is 1.33 bits per heavy atom. The summed E-state index contributed by atoms with van der Waals surface area (Å²) in [6.07, 6.45) is 0.695. The summed E-state index contributed by atoms with van der Waals surface area (Å²) in [6, 6.07) is 8.00. The average Bonchev–Trinajstić information content (AvgIpc) is 2.55. The second-order valence-electron chi connectivity index (χ2n) is 3.56. The molecular formula is C12H14ClNO. The molecule has 0 atom stereocenters. The van der Waals surface area contributed by atoms with E-state index in [1.165, 1.54) is 5.39 Å². The molecule has 0 aliphatic rings. The molecule has 0 aliphatic carbocycles. The van der Waals surface area contributed by atoms with Gasteiger partial charge in [0, 0.05) is 35.8 Å². The van der Waals surface area contributed by atoms with Crippen LogP contribution in [0.1, 0.15) is 12.6 Å². The van der Waals surface area contributed by atoms with Crippen LogP contribution < -0.4 is 0 Å². The molecule has 0 saturated heterocycles. The number of benzene rings is 1. The maximum atomic E-state index is 8.98. The summed E-state index contributed by atoms with van der Waals surface area (Å²) in [4.78, 5) is 0. The van der Waals surface area contributed by atoms with Crippen molar-refractivity contribution in [1.82, 2.24) is 4.57 Å². The predicted octanol–water partition coefficient (Wildman–Crippen LogP) is 2.85. The Bertz CT molecular complexity index is 476. The lowest BCUT2D eigenvalue weighted by Gasteiger charge is -2.06. The molecule has 1 N–H and O–H groups in total. The molecule has 0 radical (unpaired) electrons. The van der Waals surface area contributed by atoms with Crippen molar-refractivity contribution < 1.29 is 5.11 Å². The van der Waals surface area contributed by atoms with Gasteiger partial charge in [0.05, 0.1) is 0 Å². The molecule has 0 saturated carbocycles. The number of rotatable bonds is 3. The third kappa shape index (κ3) is 1.87. The fourth-order valence-electron chi connectivity index (χ4n) is 1.98. The van der Waals surface area contributed by atoms with E-state index in [1.807, 2.05) is 18.2 Å². The number of hydrogen-bond donors (Lipinski definition) is 1. The Balaban J connectivity index is 2.63. The van der Waals surface area contributed by atoms with Crippen molar-refractivity contribution in [2.75, 3.05) is 6.61 Å². The highest BCUT2D eigenvalue weighted by molar-refractivity contribution is 6.31. The topological polar surface area (TPSA) is 25.2 Å². The summed E-state index contributed by atoms with van der Waals surface area (Å²) in [5, 5.41) is 10.9. The number of aromatic nitrogens is 1. The predicted molar refractivity (Wildman–Crippen MR) is 63.4 cm³/mol. The van der Waals surface area contributed by atoms with Gasteiger partial charge < -0.3 is 9.67 Å². The Labute approximate surface area is 94.1 Å². The highest BCUT2D eigenvalue weighted by Gasteiger charge is 2.07. The Hall–Kier alpha value is -0.990. The van der Waals surface area contributed by atoms with Crippen LogP contribution in [0.5, 0.6) is 0 Å². The van der Waals surface area contributed by atoms with Crippen molar-refractivity contribution >= 4 is 22.5 Å². The SMILES string of the molecule is CCn1c(CCO)cc2ccc(Cl)cc21. The standard InChI is InChI=1S/C12H14ClNO/c1-2-14-11(5-6-15)7-9-3-4-10(13)8-12(9)14/h3-4,7-8,15H,2,5-6H2,1H3. The van der Waals surface area contributed by atoms with Gasteiger partial charge in [-0.2, -0.15) is 0 Å². The van der Waals surface area contributed by atoms with Crippen molar-refractivity contribution in [2.45, 2.75) is 19.9 Å². The van der Waals surface area contributed by atoms with Gasteiger partial charge in [-0.25, -0.2) is 0 Å². The van der Waals surface area contributed by atoms with Crippen LogP contribution in [0.15, 0.2) is 24.3 Å². The molecule has 80 valence electrons. The zero-order valence-corrected chi connectivity index (χ0v) is 9.46. The van der Waals surface area contributed by atoms with Gasteiger partial charge in [0.25, 0.3) is 0 Å². The minimum Gasteiger partial charge on any atom is -0.396 e. The summed E-state index contributed by atoms with van der Waals surface area (Å²) in [5.74, 6) is 0. The van der Waals surface area contributed by atoms with Crippen LogP contribution >= 0.6 is 11.6 Å². The maximum absolute atomic E-state index is 8.98. The average molecular weight is 224 g/mol. The smallest absolute Gasteiger partial charge is 0.0497 e. The number of hydrogen-bond acceptors (Lipinski definition) is 1. The van der Waals surface area contributed by atoms with Crippen molar-refractivity contribution in [3.63, 3.8) is 0 Å². The molecule has 0 bridgehead atoms. The third-order valence-corrected chi connectivity index (χ3v) is 2.87. The highest BCUT2D eigenvalue weighted by Crippen LogP contribution is 2.23. The van der Waals surface area contributed by atoms with E-state index in [9.17, 15) is 0 Å². The molecule has 15 heavy (non-hydrogen) atoms. The monoisotopic (exact) mass is 223 g/mol. The molecular weight excluding hydrogens is 210 g/mol. The van der Waals surface area contributed by atoms with E-state index in [0.29, 0.717) is 6.42 Å². The van der Waals surface area contributed by atoms with Crippen LogP contribution in [0, 0.1) is 0 Å². The molecule has 2 aromatic rings. The summed E-state index contributed by atoms with van der Waals surface area (Å²) >= 11 is 5.97. The molecule has 1 aromatic carbocycles. The Morgan fingerprint density at radius 3 is 2.80 bits per heavy atom. The van der Waals surface area contributed by atoms with Gasteiger partial charge in [-0.3, -0.25) is 0 Å². The van der Waals surface area contributed by atoms with E-state index in [1.54, 1.807) is 0 Å². The lowest BCUT2D eigenvalue weighted by molar-refractivity contribution is 0.296. The lowest BCUT2D eigenvalue weighted by atomic mass is 10.2. The van der Waals surface area contributed by atoms with E-state index in [2.05, 4.69) is 17.6 Å². The third-order valence-electron chi connectivity index (χ3n) is 2.64. The summed E-state index contributed by atoms with van der Waals surface area (Å²) in [6.45, 7) is 3.18. The number of nitrogens with zero attached hydrogens (tertiary/aromatic N) is 1. The number of halogens is 1. The molecule has 1 aromatic heterocycles. The number of aryl methyl sites for hydroxylation is 1. The molecule has 0 fully saturated rings. The first-order valence-electron chi connectivity index (χ1n) is 5.14. The Morgan fingerprint density at radius 2 is 2.13 bits per heavy atom. The second kappa shape index (κ2) is 4.25. The van der Waals surface area contributed by atoms with Gasteiger partial charge in [-0.1, -0.05) is 17.7 Å². The maximum Gasteiger partial charge on any atom is 0.0497 e. The van der Waals surface area contributed by atoms with Crippen LogP contribution in [0.25, 0.3) is 10.9 Å². The van der Waals surface area contributed by atoms with Gasteiger partial charge in [0.1, 0.15) is 0 Å². The van der Waals surface area contributed by atoms with Gasteiger partial charge in [-0.15, -0.1) is 0 Å². The fraction of sp³-hybridized carbons (Fsp3) is 0.333. The summed E-state index contributed by atoms with van der Waals surface area (Å²) in [7, 11) is 0. The van der Waals surface area contributed by atoms with Gasteiger partial charge in [0.2, 0.25) is 0 Å². The zero-order valence-electron chi connectivity index (χ0n) is 8.70. The van der Waals surface area contributed by atoms with Crippen molar-refractivity contribution in [3.05, 3.63) is 35.0 Å². The first kappa shape index (κ1) is 10.5. The first-order chi connectivity index (χ1) is 7.26. The van der Waals surface area contributed by atoms with Crippen LogP contribution in [-0.2, 0) is 13.0 Å². The minimum absolute atomic E-state index is 0.185. The second-order valence-corrected chi connectivity index (χ2v) is 3.99. The van der Waals surface area contributed by atoms with E-state index in [-0.39, 0.29) is 6.61 Å². The first-order valence-corrected chi connectivity index (χ1v) is 5.52. The van der Waals surface area contributed by atoms with Gasteiger partial charge >= 0.3 is 0 Å². The van der Waals surface area contributed by atoms with E-state index in [0.717, 1.165) is 22.8 Å². The molecule has 2 nitrogen and oxygen atoms in total. The van der Waals surface area contributed by atoms with Gasteiger partial charge in [-0.05, 0) is 30.5 Å². The molecule has 1 heterocycles. The molecule has 2 rings (SSSR count). The van der Waals surface area contributed by atoms with Crippen LogP contribution in [0.2, 0.25) is 5.02 Å². The van der Waals surface area contributed by atoms with Crippen molar-refractivity contribution in [3.8, 4) is 0 Å². The quantitative estimate of drug-likeness (QED) is 0.851. The summed E-state index contributed by atoms with van der Waals surface area (Å²) in [5.41, 5.74) is 2.31. The lowest BCUT2D eigenvalue weighted by Crippen LogP contribution is -2.02. The van der Waals surface area contributed by atoms with Crippen LogP contribution in [0.3, 0.4) is 0 Å². The molecule has 0 amide bonds. The van der Waals surface area contributed by atoms with Crippen molar-refractivity contribution in [2.24, 2.45) is 0 Å². The van der Waals surface area contributed by atoms with E-state index >= 15 is 0 Å². The largest absolute Gasteiger partial charge is 0.396 e. The van der Waals surface area contributed by atoms with Crippen LogP contribution in [0.4, 0.5) is 0 Å². The number of fused-ring (bicyclic) bond motifs is 1. The highest BCUT2D eigenvalue weighted by atomic mass is 35.5. The van der Waals surface area contributed by atoms with Gasteiger partial charge in [0.15, 0.2) is 0 Å². The zero-order chi connectivity index (χ0) is 10.8. The normalized spacial score (nSPS) is 11.1. The van der Waals surface area contributed by atoms with E-state index < -0.39 is 0 Å². The molecule has 0 aliphatic heterocycles. The molecule has 3 heteroatoms. The van der Waals surface area contributed by atoms with Crippen LogP contribution in [-0.4, -0.2) is 16.3 Å². The Kier molecular flexibility index (Phi) is 2.98. The minimum atomic E-state index is 0.185. The van der Waals surface area contributed by atoms with Crippen molar-refractivity contribution in [1.29, 1.82) is 0 Å². The molecule has 0 spiro atoms. The fourth-order valence-corrected chi connectivity index (χ4v) is 2.15. The number of aliphatic hydroxyl groups excluding tert-OH is 1.